The number of rotatable bonds is 9. The maximum absolute atomic E-state index is 14.4. The number of carbonyl (C=O) groups excluding carboxylic acids is 1. The van der Waals surface area contributed by atoms with E-state index in [0.717, 1.165) is 11.6 Å². The van der Waals surface area contributed by atoms with Gasteiger partial charge in [0.2, 0.25) is 0 Å². The molecule has 0 aromatic heterocycles. The number of hydrogen-bond acceptors (Lipinski definition) is 4. The van der Waals surface area contributed by atoms with Crippen molar-refractivity contribution in [2.75, 3.05) is 11.9 Å². The molecule has 34 heavy (non-hydrogen) atoms. The molecule has 3 aromatic carbocycles. The number of hydrogen-bond donors (Lipinski definition) is 3. The van der Waals surface area contributed by atoms with Crippen LogP contribution in [-0.2, 0) is 16.9 Å². The van der Waals surface area contributed by atoms with Crippen molar-refractivity contribution < 1.29 is 27.8 Å². The van der Waals surface area contributed by atoms with Crippen LogP contribution in [0.15, 0.2) is 97.6 Å². The van der Waals surface area contributed by atoms with E-state index in [1.165, 1.54) is 24.3 Å². The number of nitrogens with one attached hydrogen (secondary N) is 2. The van der Waals surface area contributed by atoms with Crippen LogP contribution in [0.1, 0.15) is 22.7 Å². The molecule has 0 aliphatic rings. The molecular formula is C26H25F3N2O3. The van der Waals surface area contributed by atoms with Gasteiger partial charge in [0.15, 0.2) is 5.54 Å². The van der Waals surface area contributed by atoms with Crippen molar-refractivity contribution in [2.45, 2.75) is 24.4 Å². The summed E-state index contributed by atoms with van der Waals surface area (Å²) in [6.07, 6.45) is -4.85. The van der Waals surface area contributed by atoms with Gasteiger partial charge in [-0.25, -0.2) is 4.79 Å². The number of anilines is 1. The third-order valence-electron chi connectivity index (χ3n) is 5.32. The summed E-state index contributed by atoms with van der Waals surface area (Å²) < 4.78 is 48.5. The van der Waals surface area contributed by atoms with Crippen LogP contribution < -0.4 is 10.6 Å². The zero-order valence-electron chi connectivity index (χ0n) is 18.3. The fourth-order valence-electron chi connectivity index (χ4n) is 3.54. The van der Waals surface area contributed by atoms with Gasteiger partial charge in [0.25, 0.3) is 0 Å². The number of amides is 1. The highest BCUT2D eigenvalue weighted by atomic mass is 19.4. The fourth-order valence-corrected chi connectivity index (χ4v) is 3.54. The van der Waals surface area contributed by atoms with Crippen molar-refractivity contribution in [3.05, 3.63) is 114 Å². The van der Waals surface area contributed by atoms with Crippen LogP contribution in [0.3, 0.4) is 0 Å². The highest BCUT2D eigenvalue weighted by Crippen LogP contribution is 2.42. The van der Waals surface area contributed by atoms with Gasteiger partial charge in [-0.05, 0) is 28.8 Å². The standard InChI is InChI=1S/C26H25F3N2O3/c1-2-25(26(27,28)29,31-23(17-32)20-12-7-4-8-13-20)21-14-9-15-22(16-21)30-24(33)34-18-19-10-5-3-6-11-19/h2-16,23,31-32H,1,17-18H2,(H,30,33). The molecule has 2 unspecified atom stereocenters. The summed E-state index contributed by atoms with van der Waals surface area (Å²) in [5.74, 6) is 0. The van der Waals surface area contributed by atoms with Gasteiger partial charge >= 0.3 is 12.3 Å². The molecule has 0 saturated carbocycles. The van der Waals surface area contributed by atoms with Crippen molar-refractivity contribution >= 4 is 11.8 Å². The van der Waals surface area contributed by atoms with Crippen molar-refractivity contribution in [1.29, 1.82) is 0 Å². The molecule has 0 spiro atoms. The van der Waals surface area contributed by atoms with Crippen molar-refractivity contribution in [2.24, 2.45) is 0 Å². The van der Waals surface area contributed by atoms with E-state index in [0.29, 0.717) is 5.56 Å². The van der Waals surface area contributed by atoms with Gasteiger partial charge in [0.1, 0.15) is 6.61 Å². The highest BCUT2D eigenvalue weighted by Gasteiger charge is 2.55. The Morgan fingerprint density at radius 2 is 1.65 bits per heavy atom. The molecule has 0 fully saturated rings. The summed E-state index contributed by atoms with van der Waals surface area (Å²) in [6, 6.07) is 21.6. The molecule has 5 nitrogen and oxygen atoms in total. The minimum Gasteiger partial charge on any atom is -0.444 e. The second kappa shape index (κ2) is 11.0. The van der Waals surface area contributed by atoms with Crippen LogP contribution in [0.4, 0.5) is 23.7 Å². The Morgan fingerprint density at radius 3 is 2.24 bits per heavy atom. The molecule has 3 N–H and O–H groups in total. The first kappa shape index (κ1) is 25.0. The SMILES string of the molecule is C=CC(NC(CO)c1ccccc1)(c1cccc(NC(=O)OCc2ccccc2)c1)C(F)(F)F. The molecule has 0 saturated heterocycles. The number of carbonyl (C=O) groups is 1. The molecule has 0 aliphatic heterocycles. The van der Waals surface area contributed by atoms with E-state index < -0.39 is 30.5 Å². The lowest BCUT2D eigenvalue weighted by Gasteiger charge is -2.37. The Morgan fingerprint density at radius 1 is 1.00 bits per heavy atom. The monoisotopic (exact) mass is 470 g/mol. The Labute approximate surface area is 195 Å². The third-order valence-corrected chi connectivity index (χ3v) is 5.32. The minimum absolute atomic E-state index is 0.0162. The number of aliphatic hydroxyl groups excluding tert-OH is 1. The summed E-state index contributed by atoms with van der Waals surface area (Å²) >= 11 is 0. The van der Waals surface area contributed by atoms with Crippen LogP contribution in [0.2, 0.25) is 0 Å². The van der Waals surface area contributed by atoms with Gasteiger partial charge < -0.3 is 9.84 Å². The zero-order valence-corrected chi connectivity index (χ0v) is 18.3. The molecule has 3 aromatic rings. The van der Waals surface area contributed by atoms with E-state index >= 15 is 0 Å². The quantitative estimate of drug-likeness (QED) is 0.351. The Bertz CT molecular complexity index is 1090. The van der Waals surface area contributed by atoms with Gasteiger partial charge in [-0.2, -0.15) is 13.2 Å². The van der Waals surface area contributed by atoms with Crippen LogP contribution in [0.25, 0.3) is 0 Å². The number of benzene rings is 3. The molecule has 0 heterocycles. The topological polar surface area (TPSA) is 70.6 Å². The van der Waals surface area contributed by atoms with Gasteiger partial charge in [0.05, 0.1) is 12.6 Å². The Balaban J connectivity index is 1.85. The predicted octanol–water partition coefficient (Wildman–Crippen LogP) is 5.70. The normalized spacial score (nSPS) is 14.0. The van der Waals surface area contributed by atoms with Crippen molar-refractivity contribution in [1.82, 2.24) is 5.32 Å². The molecule has 178 valence electrons. The first-order valence-electron chi connectivity index (χ1n) is 10.5. The lowest BCUT2D eigenvalue weighted by molar-refractivity contribution is -0.188. The fraction of sp³-hybridized carbons (Fsp3) is 0.192. The number of alkyl halides is 3. The van der Waals surface area contributed by atoms with E-state index in [1.54, 1.807) is 54.6 Å². The molecule has 1 amide bonds. The molecular weight excluding hydrogens is 445 g/mol. The maximum atomic E-state index is 14.4. The average molecular weight is 470 g/mol. The van der Waals surface area contributed by atoms with Crippen LogP contribution in [0, 0.1) is 0 Å². The highest BCUT2D eigenvalue weighted by molar-refractivity contribution is 5.84. The van der Waals surface area contributed by atoms with Gasteiger partial charge in [0, 0.05) is 5.69 Å². The Hall–Kier alpha value is -3.62. The van der Waals surface area contributed by atoms with Gasteiger partial charge in [-0.1, -0.05) is 78.9 Å². The average Bonchev–Trinajstić information content (AvgIpc) is 2.84. The third kappa shape index (κ3) is 5.84. The van der Waals surface area contributed by atoms with E-state index in [1.807, 2.05) is 6.07 Å². The number of halogens is 3. The van der Waals surface area contributed by atoms with Gasteiger partial charge in [-0.15, -0.1) is 6.58 Å². The smallest absolute Gasteiger partial charge is 0.414 e. The van der Waals surface area contributed by atoms with Crippen LogP contribution in [-0.4, -0.2) is 24.0 Å². The number of ether oxygens (including phenoxy) is 1. The van der Waals surface area contributed by atoms with E-state index in [4.69, 9.17) is 4.74 Å². The summed E-state index contributed by atoms with van der Waals surface area (Å²) in [4.78, 5) is 12.2. The van der Waals surface area contributed by atoms with Crippen molar-refractivity contribution in [3.8, 4) is 0 Å². The molecule has 0 aliphatic carbocycles. The lowest BCUT2D eigenvalue weighted by atomic mass is 9.87. The molecule has 3 rings (SSSR count). The molecule has 2 atom stereocenters. The second-order valence-electron chi connectivity index (χ2n) is 7.57. The van der Waals surface area contributed by atoms with E-state index in [-0.39, 0.29) is 17.9 Å². The van der Waals surface area contributed by atoms with Crippen molar-refractivity contribution in [3.63, 3.8) is 0 Å². The largest absolute Gasteiger partial charge is 0.444 e. The summed E-state index contributed by atoms with van der Waals surface area (Å²) in [7, 11) is 0. The summed E-state index contributed by atoms with van der Waals surface area (Å²) in [5.41, 5.74) is -1.52. The summed E-state index contributed by atoms with van der Waals surface area (Å²) in [5, 5.41) is 14.8. The number of aliphatic hydroxyl groups is 1. The molecule has 0 bridgehead atoms. The minimum atomic E-state index is -4.80. The van der Waals surface area contributed by atoms with E-state index in [9.17, 15) is 23.1 Å². The van der Waals surface area contributed by atoms with Gasteiger partial charge in [-0.3, -0.25) is 10.6 Å². The maximum Gasteiger partial charge on any atom is 0.414 e. The predicted molar refractivity (Wildman–Crippen MR) is 124 cm³/mol. The second-order valence-corrected chi connectivity index (χ2v) is 7.57. The van der Waals surface area contributed by atoms with E-state index in [2.05, 4.69) is 17.2 Å². The molecule has 8 heteroatoms. The van der Waals surface area contributed by atoms with Crippen LogP contribution >= 0.6 is 0 Å². The van der Waals surface area contributed by atoms with Crippen LogP contribution in [0.5, 0.6) is 0 Å². The lowest BCUT2D eigenvalue weighted by Crippen LogP contribution is -2.54. The summed E-state index contributed by atoms with van der Waals surface area (Å²) in [6.45, 7) is 2.88. The molecule has 0 radical (unpaired) electrons. The first-order valence-corrected chi connectivity index (χ1v) is 10.5. The zero-order chi connectivity index (χ0) is 24.6. The Kier molecular flexibility index (Phi) is 8.09. The first-order chi connectivity index (χ1) is 16.3.